The maximum Gasteiger partial charge on any atom is 0.360 e. The number of esters is 1. The lowest BCUT2D eigenvalue weighted by molar-refractivity contribution is 0.0370. The van der Waals surface area contributed by atoms with Gasteiger partial charge >= 0.3 is 5.97 Å². The Morgan fingerprint density at radius 3 is 2.54 bits per heavy atom. The Morgan fingerprint density at radius 2 is 2.15 bits per heavy atom. The average molecular weight is 312 g/mol. The molecule has 4 nitrogen and oxygen atoms in total. The number of hydrogen-bond donors (Lipinski definition) is 1. The zero-order chi connectivity index (χ0) is 10.0. The molecule has 13 heavy (non-hydrogen) atoms. The van der Waals surface area contributed by atoms with Gasteiger partial charge in [0.1, 0.15) is 4.60 Å². The first-order valence-electron chi connectivity index (χ1n) is 3.62. The number of hydrogen-bond acceptors (Lipinski definition) is 3. The van der Waals surface area contributed by atoms with Gasteiger partial charge in [0, 0.05) is 0 Å². The molecule has 0 unspecified atom stereocenters. The molecule has 0 aliphatic heterocycles. The molecule has 0 atom stereocenters. The molecule has 0 aliphatic rings. The van der Waals surface area contributed by atoms with Gasteiger partial charge in [-0.3, -0.25) is 0 Å². The summed E-state index contributed by atoms with van der Waals surface area (Å²) in [7, 11) is 0. The van der Waals surface area contributed by atoms with Crippen molar-refractivity contribution in [1.82, 2.24) is 9.97 Å². The summed E-state index contributed by atoms with van der Waals surface area (Å²) in [5.41, 5.74) is 0.251. The van der Waals surface area contributed by atoms with Crippen LogP contribution in [0.15, 0.2) is 9.34 Å². The number of rotatable bonds is 2. The lowest BCUT2D eigenvalue weighted by Gasteiger charge is -2.05. The van der Waals surface area contributed by atoms with Crippen LogP contribution in [0.2, 0.25) is 0 Å². The van der Waals surface area contributed by atoms with Crippen molar-refractivity contribution < 1.29 is 9.53 Å². The Hall–Kier alpha value is -0.360. The van der Waals surface area contributed by atoms with Crippen LogP contribution in [-0.4, -0.2) is 22.0 Å². The molecule has 72 valence electrons. The van der Waals surface area contributed by atoms with Gasteiger partial charge in [-0.05, 0) is 45.7 Å². The van der Waals surface area contributed by atoms with Crippen molar-refractivity contribution in [2.24, 2.45) is 0 Å². The Kier molecular flexibility index (Phi) is 3.49. The van der Waals surface area contributed by atoms with Gasteiger partial charge in [0.2, 0.25) is 0 Å². The summed E-state index contributed by atoms with van der Waals surface area (Å²) in [5.74, 6) is -0.441. The maximum atomic E-state index is 11.3. The molecule has 1 heterocycles. The molecule has 1 aromatic rings. The first-order chi connectivity index (χ1) is 6.00. The lowest BCUT2D eigenvalue weighted by Crippen LogP contribution is -2.12. The number of imidazole rings is 1. The minimum Gasteiger partial charge on any atom is -0.458 e. The third-order valence-corrected chi connectivity index (χ3v) is 2.12. The van der Waals surface area contributed by atoms with Gasteiger partial charge in [0.25, 0.3) is 0 Å². The number of H-pyrrole nitrogens is 1. The van der Waals surface area contributed by atoms with Crippen molar-refractivity contribution in [2.45, 2.75) is 20.0 Å². The molecule has 1 aromatic heterocycles. The zero-order valence-corrected chi connectivity index (χ0v) is 10.3. The van der Waals surface area contributed by atoms with Crippen molar-refractivity contribution in [3.05, 3.63) is 15.0 Å². The highest BCUT2D eigenvalue weighted by Gasteiger charge is 2.17. The Labute approximate surface area is 92.3 Å². The van der Waals surface area contributed by atoms with Crippen LogP contribution >= 0.6 is 31.9 Å². The lowest BCUT2D eigenvalue weighted by atomic mass is 10.4. The molecule has 1 rings (SSSR count). The third kappa shape index (κ3) is 2.80. The number of halogens is 2. The normalized spacial score (nSPS) is 10.5. The molecule has 0 amide bonds. The topological polar surface area (TPSA) is 55.0 Å². The fourth-order valence-corrected chi connectivity index (χ4v) is 1.81. The van der Waals surface area contributed by atoms with E-state index in [9.17, 15) is 4.79 Å². The average Bonchev–Trinajstić information content (AvgIpc) is 2.28. The Morgan fingerprint density at radius 1 is 1.54 bits per heavy atom. The summed E-state index contributed by atoms with van der Waals surface area (Å²) in [6.07, 6.45) is -0.144. The summed E-state index contributed by atoms with van der Waals surface area (Å²) in [6, 6.07) is 0. The van der Waals surface area contributed by atoms with Gasteiger partial charge in [-0.2, -0.15) is 0 Å². The fourth-order valence-electron chi connectivity index (χ4n) is 0.730. The number of ether oxygens (including phenoxy) is 1. The summed E-state index contributed by atoms with van der Waals surface area (Å²) >= 11 is 6.27. The Balaban J connectivity index is 2.82. The van der Waals surface area contributed by atoms with Gasteiger partial charge in [0.05, 0.1) is 6.10 Å². The van der Waals surface area contributed by atoms with Crippen molar-refractivity contribution in [3.8, 4) is 0 Å². The second-order valence-electron chi connectivity index (χ2n) is 2.64. The van der Waals surface area contributed by atoms with Crippen molar-refractivity contribution >= 4 is 37.8 Å². The number of aromatic amines is 1. The van der Waals surface area contributed by atoms with Crippen molar-refractivity contribution in [1.29, 1.82) is 0 Å². The fraction of sp³-hybridized carbons (Fsp3) is 0.429. The first-order valence-corrected chi connectivity index (χ1v) is 5.21. The van der Waals surface area contributed by atoms with E-state index in [4.69, 9.17) is 4.74 Å². The van der Waals surface area contributed by atoms with Gasteiger partial charge < -0.3 is 9.72 Å². The second kappa shape index (κ2) is 4.23. The Bertz CT molecular complexity index is 322. The highest BCUT2D eigenvalue weighted by atomic mass is 79.9. The first kappa shape index (κ1) is 10.7. The van der Waals surface area contributed by atoms with Crippen LogP contribution in [0.1, 0.15) is 24.3 Å². The molecule has 0 saturated heterocycles. The van der Waals surface area contributed by atoms with Crippen LogP contribution in [0, 0.1) is 0 Å². The van der Waals surface area contributed by atoms with Gasteiger partial charge in [-0.15, -0.1) is 0 Å². The number of carbonyl (C=O) groups is 1. The third-order valence-electron chi connectivity index (χ3n) is 1.17. The molecule has 6 heteroatoms. The molecule has 0 aromatic carbocycles. The highest BCUT2D eigenvalue weighted by Crippen LogP contribution is 2.18. The van der Waals surface area contributed by atoms with Crippen LogP contribution in [0.3, 0.4) is 0 Å². The quantitative estimate of drug-likeness (QED) is 0.854. The molecule has 1 N–H and O–H groups in total. The number of nitrogens with zero attached hydrogens (tertiary/aromatic N) is 1. The predicted octanol–water partition coefficient (Wildman–Crippen LogP) is 2.50. The molecule has 0 aliphatic carbocycles. The van der Waals surface area contributed by atoms with E-state index in [1.54, 1.807) is 13.8 Å². The van der Waals surface area contributed by atoms with E-state index < -0.39 is 5.97 Å². The molecular formula is C7H8Br2N2O2. The predicted molar refractivity (Wildman–Crippen MR) is 54.5 cm³/mol. The van der Waals surface area contributed by atoms with E-state index >= 15 is 0 Å². The summed E-state index contributed by atoms with van der Waals surface area (Å²) in [6.45, 7) is 3.57. The number of nitrogens with one attached hydrogen (secondary N) is 1. The summed E-state index contributed by atoms with van der Waals surface area (Å²) in [4.78, 5) is 18.0. The van der Waals surface area contributed by atoms with Gasteiger partial charge in [-0.25, -0.2) is 9.78 Å². The van der Waals surface area contributed by atoms with E-state index in [0.29, 0.717) is 9.34 Å². The molecular weight excluding hydrogens is 304 g/mol. The monoisotopic (exact) mass is 310 g/mol. The number of aromatic nitrogens is 2. The second-order valence-corrected chi connectivity index (χ2v) is 4.19. The smallest absolute Gasteiger partial charge is 0.360 e. The standard InChI is InChI=1S/C7H8Br2N2O2/c1-3(2)13-6(12)4-5(8)11-7(9)10-4/h3H,1-2H3,(H,10,11). The highest BCUT2D eigenvalue weighted by molar-refractivity contribution is 9.11. The SMILES string of the molecule is CC(C)OC(=O)c1nc(Br)[nH]c1Br. The van der Waals surface area contributed by atoms with E-state index in [2.05, 4.69) is 41.8 Å². The van der Waals surface area contributed by atoms with Crippen LogP contribution < -0.4 is 0 Å². The number of carbonyl (C=O) groups excluding carboxylic acids is 1. The van der Waals surface area contributed by atoms with Crippen LogP contribution in [0.5, 0.6) is 0 Å². The van der Waals surface area contributed by atoms with Crippen molar-refractivity contribution in [2.75, 3.05) is 0 Å². The summed E-state index contributed by atoms with van der Waals surface area (Å²) < 4.78 is 5.97. The molecule has 0 radical (unpaired) electrons. The molecule has 0 spiro atoms. The molecule has 0 bridgehead atoms. The molecule has 0 saturated carbocycles. The van der Waals surface area contributed by atoms with E-state index in [0.717, 1.165) is 0 Å². The van der Waals surface area contributed by atoms with E-state index in [1.165, 1.54) is 0 Å². The zero-order valence-electron chi connectivity index (χ0n) is 7.10. The maximum absolute atomic E-state index is 11.3. The minimum atomic E-state index is -0.441. The van der Waals surface area contributed by atoms with Crippen LogP contribution in [0.4, 0.5) is 0 Å². The molecule has 0 fully saturated rings. The van der Waals surface area contributed by atoms with Crippen molar-refractivity contribution in [3.63, 3.8) is 0 Å². The van der Waals surface area contributed by atoms with E-state index in [-0.39, 0.29) is 11.8 Å². The summed E-state index contributed by atoms with van der Waals surface area (Å²) in [5, 5.41) is 0. The van der Waals surface area contributed by atoms with Crippen LogP contribution in [-0.2, 0) is 4.74 Å². The van der Waals surface area contributed by atoms with Gasteiger partial charge in [-0.1, -0.05) is 0 Å². The van der Waals surface area contributed by atoms with Gasteiger partial charge in [0.15, 0.2) is 10.4 Å². The minimum absolute atomic E-state index is 0.144. The largest absolute Gasteiger partial charge is 0.458 e. The van der Waals surface area contributed by atoms with Crippen LogP contribution in [0.25, 0.3) is 0 Å². The van der Waals surface area contributed by atoms with E-state index in [1.807, 2.05) is 0 Å².